The van der Waals surface area contributed by atoms with E-state index in [9.17, 15) is 9.59 Å². The zero-order valence-corrected chi connectivity index (χ0v) is 22.3. The zero-order chi connectivity index (χ0) is 25.9. The van der Waals surface area contributed by atoms with E-state index in [-0.39, 0.29) is 17.9 Å². The minimum atomic E-state index is -0.756. The van der Waals surface area contributed by atoms with Crippen LogP contribution >= 0.6 is 11.3 Å². The predicted molar refractivity (Wildman–Crippen MR) is 150 cm³/mol. The van der Waals surface area contributed by atoms with E-state index in [0.717, 1.165) is 40.7 Å². The summed E-state index contributed by atoms with van der Waals surface area (Å²) in [5, 5.41) is 9.28. The number of aromatic amines is 1. The van der Waals surface area contributed by atoms with Gasteiger partial charge >= 0.3 is 6.03 Å². The summed E-state index contributed by atoms with van der Waals surface area (Å²) in [4.78, 5) is 35.6. The number of H-pyrrole nitrogens is 1. The lowest BCUT2D eigenvalue weighted by molar-refractivity contribution is -0.118. The van der Waals surface area contributed by atoms with Crippen LogP contribution in [0.3, 0.4) is 0 Å². The van der Waals surface area contributed by atoms with Crippen LogP contribution in [0.2, 0.25) is 0 Å². The van der Waals surface area contributed by atoms with Gasteiger partial charge in [0, 0.05) is 46.7 Å². The van der Waals surface area contributed by atoms with Crippen molar-refractivity contribution in [3.8, 4) is 0 Å². The normalized spacial score (nSPS) is 14.9. The molecule has 3 amide bonds. The highest BCUT2D eigenvalue weighted by atomic mass is 32.1. The van der Waals surface area contributed by atoms with Crippen molar-refractivity contribution in [2.45, 2.75) is 38.4 Å². The Kier molecular flexibility index (Phi) is 7.30. The fourth-order valence-corrected chi connectivity index (χ4v) is 5.98. The third-order valence-corrected chi connectivity index (χ3v) is 7.92. The van der Waals surface area contributed by atoms with Gasteiger partial charge in [-0.3, -0.25) is 4.79 Å². The number of hydrogen-bond acceptors (Lipinski definition) is 4. The third-order valence-electron chi connectivity index (χ3n) is 6.98. The van der Waals surface area contributed by atoms with Crippen molar-refractivity contribution in [3.63, 3.8) is 0 Å². The Bertz CT molecular complexity index is 1410. The number of carbonyl (C=O) groups excluding carboxylic acids is 2. The number of para-hydroxylation sites is 1. The average molecular weight is 516 g/mol. The number of urea groups is 1. The summed E-state index contributed by atoms with van der Waals surface area (Å²) in [7, 11) is 4.03. The standard InChI is InChI=1S/C29H33N5O2S/c1-19(24-16-30-25-10-5-4-9-23(24)25)27(28(35)31-22-8-6-7-20(15-22)17-33(2)3)32-29(36)34-13-11-21-12-14-37-26(21)18-34/h4-10,12,14-16,19,27,30H,11,13,17-18H2,1-3H3,(H,31,35)(H,32,36)/t19-,27-/m1/s1. The molecule has 1 aliphatic rings. The first-order valence-electron chi connectivity index (χ1n) is 12.6. The number of carbonyl (C=O) groups is 2. The Hall–Kier alpha value is -3.62. The molecular formula is C29H33N5O2S. The van der Waals surface area contributed by atoms with Gasteiger partial charge < -0.3 is 25.4 Å². The summed E-state index contributed by atoms with van der Waals surface area (Å²) in [5.74, 6) is -0.492. The fraction of sp³-hybridized carbons (Fsp3) is 0.310. The lowest BCUT2D eigenvalue weighted by atomic mass is 9.92. The molecule has 0 unspecified atom stereocenters. The number of rotatable bonds is 7. The van der Waals surface area contributed by atoms with E-state index in [2.05, 4.69) is 32.0 Å². The minimum Gasteiger partial charge on any atom is -0.361 e. The molecule has 4 aromatic rings. The molecule has 3 N–H and O–H groups in total. The molecule has 2 aromatic carbocycles. The number of nitrogens with zero attached hydrogens (tertiary/aromatic N) is 2. The van der Waals surface area contributed by atoms with E-state index < -0.39 is 6.04 Å². The van der Waals surface area contributed by atoms with Crippen molar-refractivity contribution in [1.82, 2.24) is 20.1 Å². The second-order valence-electron chi connectivity index (χ2n) is 9.97. The molecule has 8 heteroatoms. The van der Waals surface area contributed by atoms with Crippen LogP contribution in [-0.4, -0.2) is 53.4 Å². The maximum atomic E-state index is 13.7. The molecule has 0 bridgehead atoms. The van der Waals surface area contributed by atoms with Gasteiger partial charge in [-0.05, 0) is 66.9 Å². The SMILES string of the molecule is C[C@H](c1c[nH]c2ccccc12)[C@@H](NC(=O)N1CCc2ccsc2C1)C(=O)Nc1cccc(CN(C)C)c1. The Labute approximate surface area is 221 Å². The highest BCUT2D eigenvalue weighted by Gasteiger charge is 2.32. The van der Waals surface area contributed by atoms with Gasteiger partial charge in [0.25, 0.3) is 0 Å². The molecule has 0 saturated heterocycles. The van der Waals surface area contributed by atoms with Crippen molar-refractivity contribution < 1.29 is 9.59 Å². The van der Waals surface area contributed by atoms with Crippen LogP contribution in [-0.2, 0) is 24.3 Å². The Morgan fingerprint density at radius 1 is 1.14 bits per heavy atom. The number of thiophene rings is 1. The molecule has 2 atom stereocenters. The number of nitrogens with one attached hydrogen (secondary N) is 3. The summed E-state index contributed by atoms with van der Waals surface area (Å²) in [5.41, 5.74) is 5.14. The van der Waals surface area contributed by atoms with Crippen LogP contribution in [0.25, 0.3) is 10.9 Å². The van der Waals surface area contributed by atoms with Crippen LogP contribution in [0.1, 0.15) is 34.4 Å². The van der Waals surface area contributed by atoms with Gasteiger partial charge in [-0.15, -0.1) is 11.3 Å². The summed E-state index contributed by atoms with van der Waals surface area (Å²) >= 11 is 1.68. The second kappa shape index (κ2) is 10.8. The molecule has 0 fully saturated rings. The van der Waals surface area contributed by atoms with E-state index in [4.69, 9.17) is 0 Å². The minimum absolute atomic E-state index is 0.216. The summed E-state index contributed by atoms with van der Waals surface area (Å²) in [6.45, 7) is 3.98. The highest BCUT2D eigenvalue weighted by Crippen LogP contribution is 2.29. The number of hydrogen-bond donors (Lipinski definition) is 3. The molecular weight excluding hydrogens is 482 g/mol. The fourth-order valence-electron chi connectivity index (χ4n) is 5.03. The quantitative estimate of drug-likeness (QED) is 0.318. The van der Waals surface area contributed by atoms with Crippen LogP contribution in [0.4, 0.5) is 10.5 Å². The van der Waals surface area contributed by atoms with Gasteiger partial charge in [0.05, 0.1) is 6.54 Å². The Morgan fingerprint density at radius 2 is 1.97 bits per heavy atom. The first-order chi connectivity index (χ1) is 17.9. The average Bonchev–Trinajstić information content (AvgIpc) is 3.53. The van der Waals surface area contributed by atoms with Crippen LogP contribution in [0.5, 0.6) is 0 Å². The summed E-state index contributed by atoms with van der Waals surface area (Å²) < 4.78 is 0. The van der Waals surface area contributed by atoms with Gasteiger partial charge in [-0.1, -0.05) is 37.3 Å². The summed E-state index contributed by atoms with van der Waals surface area (Å²) in [6.07, 6.45) is 2.78. The number of aromatic nitrogens is 1. The van der Waals surface area contributed by atoms with Crippen LogP contribution in [0, 0.1) is 0 Å². The lowest BCUT2D eigenvalue weighted by Crippen LogP contribution is -2.52. The lowest BCUT2D eigenvalue weighted by Gasteiger charge is -2.31. The molecule has 2 aromatic heterocycles. The molecule has 0 spiro atoms. The summed E-state index contributed by atoms with van der Waals surface area (Å²) in [6, 6.07) is 17.0. The first-order valence-corrected chi connectivity index (χ1v) is 13.5. The smallest absolute Gasteiger partial charge is 0.318 e. The van der Waals surface area contributed by atoms with Crippen molar-refractivity contribution in [2.75, 3.05) is 26.0 Å². The number of anilines is 1. The first kappa shape index (κ1) is 25.0. The molecule has 0 radical (unpaired) electrons. The van der Waals surface area contributed by atoms with Crippen molar-refractivity contribution in [1.29, 1.82) is 0 Å². The molecule has 7 nitrogen and oxygen atoms in total. The van der Waals surface area contributed by atoms with Crippen LogP contribution in [0.15, 0.2) is 66.2 Å². The monoisotopic (exact) mass is 515 g/mol. The van der Waals surface area contributed by atoms with E-state index in [1.807, 2.05) is 75.7 Å². The second-order valence-corrected chi connectivity index (χ2v) is 11.0. The molecule has 192 valence electrons. The number of benzene rings is 2. The topological polar surface area (TPSA) is 80.5 Å². The van der Waals surface area contributed by atoms with Crippen molar-refractivity contribution in [3.05, 3.63) is 87.7 Å². The largest absolute Gasteiger partial charge is 0.361 e. The van der Waals surface area contributed by atoms with Gasteiger partial charge in [-0.2, -0.15) is 0 Å². The Balaban J connectivity index is 1.40. The van der Waals surface area contributed by atoms with Gasteiger partial charge in [0.15, 0.2) is 0 Å². The number of amides is 3. The number of fused-ring (bicyclic) bond motifs is 2. The predicted octanol–water partition coefficient (Wildman–Crippen LogP) is 5.17. The molecule has 1 aliphatic heterocycles. The maximum absolute atomic E-state index is 13.7. The third kappa shape index (κ3) is 5.55. The Morgan fingerprint density at radius 3 is 2.81 bits per heavy atom. The highest BCUT2D eigenvalue weighted by molar-refractivity contribution is 7.10. The van der Waals surface area contributed by atoms with Crippen LogP contribution < -0.4 is 10.6 Å². The molecule has 0 aliphatic carbocycles. The molecule has 3 heterocycles. The molecule has 37 heavy (non-hydrogen) atoms. The zero-order valence-electron chi connectivity index (χ0n) is 21.5. The van der Waals surface area contributed by atoms with E-state index in [1.165, 1.54) is 10.4 Å². The van der Waals surface area contributed by atoms with Gasteiger partial charge in [0.1, 0.15) is 6.04 Å². The van der Waals surface area contributed by atoms with Gasteiger partial charge in [0.2, 0.25) is 5.91 Å². The maximum Gasteiger partial charge on any atom is 0.318 e. The van der Waals surface area contributed by atoms with E-state index in [0.29, 0.717) is 13.1 Å². The van der Waals surface area contributed by atoms with Crippen molar-refractivity contribution in [2.24, 2.45) is 0 Å². The molecule has 5 rings (SSSR count). The van der Waals surface area contributed by atoms with E-state index >= 15 is 0 Å². The molecule has 0 saturated carbocycles. The van der Waals surface area contributed by atoms with Gasteiger partial charge in [-0.25, -0.2) is 4.79 Å². The van der Waals surface area contributed by atoms with E-state index in [1.54, 1.807) is 16.2 Å². The van der Waals surface area contributed by atoms with Crippen molar-refractivity contribution >= 4 is 39.9 Å².